The molecule has 9 nitrogen and oxygen atoms in total. The number of hydrogen-bond donors (Lipinski definition) is 1. The number of nitrogens with zero attached hydrogens (tertiary/aromatic N) is 5. The summed E-state index contributed by atoms with van der Waals surface area (Å²) in [4.78, 5) is 33.8. The van der Waals surface area contributed by atoms with Gasteiger partial charge in [0.1, 0.15) is 17.4 Å². The lowest BCUT2D eigenvalue weighted by molar-refractivity contribution is -0.384. The molecule has 2 aromatic heterocycles. The van der Waals surface area contributed by atoms with E-state index in [1.807, 2.05) is 59.1 Å². The van der Waals surface area contributed by atoms with Crippen molar-refractivity contribution in [3.8, 4) is 0 Å². The first-order valence-corrected chi connectivity index (χ1v) is 12.0. The zero-order valence-electron chi connectivity index (χ0n) is 20.1. The van der Waals surface area contributed by atoms with E-state index in [4.69, 9.17) is 4.98 Å². The van der Waals surface area contributed by atoms with Crippen LogP contribution < -0.4 is 5.32 Å². The topological polar surface area (TPSA) is 96.0 Å². The number of benzene rings is 2. The van der Waals surface area contributed by atoms with Crippen LogP contribution in [0.4, 0.5) is 11.4 Å². The SMILES string of the molecule is Cc1ccc(NC(=O)C(c2ccccc2)N2CCN(Cc3cn4ccccc4n3)CC2)c([N+](=O)[O-])c1. The van der Waals surface area contributed by atoms with Gasteiger partial charge in [-0.05, 0) is 36.2 Å². The van der Waals surface area contributed by atoms with E-state index in [1.54, 1.807) is 19.1 Å². The monoisotopic (exact) mass is 484 g/mol. The zero-order chi connectivity index (χ0) is 25.1. The minimum absolute atomic E-state index is 0.104. The van der Waals surface area contributed by atoms with Gasteiger partial charge in [-0.2, -0.15) is 0 Å². The molecule has 1 N–H and O–H groups in total. The quantitative estimate of drug-likeness (QED) is 0.314. The summed E-state index contributed by atoms with van der Waals surface area (Å²) in [6.07, 6.45) is 4.04. The molecule has 1 saturated heterocycles. The number of nitrogens with one attached hydrogen (secondary N) is 1. The Bertz CT molecular complexity index is 1350. The molecule has 9 heteroatoms. The Kier molecular flexibility index (Phi) is 6.75. The van der Waals surface area contributed by atoms with E-state index < -0.39 is 11.0 Å². The molecule has 0 radical (unpaired) electrons. The number of anilines is 1. The van der Waals surface area contributed by atoms with Crippen LogP contribution in [-0.4, -0.2) is 56.2 Å². The minimum atomic E-state index is -0.551. The Labute approximate surface area is 209 Å². The standard InChI is InChI=1S/C27H28N6O3/c1-20-10-11-23(24(17-20)33(35)36)29-27(34)26(21-7-3-2-4-8-21)31-15-13-30(14-16-31)18-22-19-32-12-6-5-9-25(32)28-22/h2-12,17,19,26H,13-16,18H2,1H3,(H,29,34). The first-order chi connectivity index (χ1) is 17.5. The average molecular weight is 485 g/mol. The summed E-state index contributed by atoms with van der Waals surface area (Å²) in [5.74, 6) is -0.276. The van der Waals surface area contributed by atoms with Gasteiger partial charge in [0.15, 0.2) is 0 Å². The molecule has 0 saturated carbocycles. The number of hydrogen-bond acceptors (Lipinski definition) is 6. The second-order valence-electron chi connectivity index (χ2n) is 9.09. The van der Waals surface area contributed by atoms with Crippen molar-refractivity contribution >= 4 is 22.9 Å². The third-order valence-corrected chi connectivity index (χ3v) is 6.54. The molecule has 2 aromatic carbocycles. The van der Waals surface area contributed by atoms with E-state index in [2.05, 4.69) is 21.3 Å². The molecule has 0 aliphatic carbocycles. The number of rotatable bonds is 7. The van der Waals surface area contributed by atoms with Crippen LogP contribution in [-0.2, 0) is 11.3 Å². The van der Waals surface area contributed by atoms with Crippen molar-refractivity contribution < 1.29 is 9.72 Å². The predicted octanol–water partition coefficient (Wildman–Crippen LogP) is 4.05. The molecule has 1 amide bonds. The van der Waals surface area contributed by atoms with Crippen molar-refractivity contribution in [1.29, 1.82) is 0 Å². The van der Waals surface area contributed by atoms with Crippen LogP contribution in [0.25, 0.3) is 5.65 Å². The van der Waals surface area contributed by atoms with Crippen LogP contribution >= 0.6 is 0 Å². The van der Waals surface area contributed by atoms with Crippen molar-refractivity contribution in [3.05, 3.63) is 106 Å². The summed E-state index contributed by atoms with van der Waals surface area (Å²) in [7, 11) is 0. The fourth-order valence-electron chi connectivity index (χ4n) is 4.73. The van der Waals surface area contributed by atoms with Gasteiger partial charge in [0.2, 0.25) is 5.91 Å². The summed E-state index contributed by atoms with van der Waals surface area (Å²) in [6, 6.07) is 19.8. The Morgan fingerprint density at radius 2 is 1.81 bits per heavy atom. The highest BCUT2D eigenvalue weighted by Crippen LogP contribution is 2.29. The number of amides is 1. The summed E-state index contributed by atoms with van der Waals surface area (Å²) in [5, 5.41) is 14.4. The number of nitro benzene ring substituents is 1. The molecule has 1 aliphatic rings. The third kappa shape index (κ3) is 5.12. The maximum Gasteiger partial charge on any atom is 0.293 e. The fraction of sp³-hybridized carbons (Fsp3) is 0.259. The third-order valence-electron chi connectivity index (χ3n) is 6.54. The highest BCUT2D eigenvalue weighted by atomic mass is 16.6. The second kappa shape index (κ2) is 10.3. The number of imidazole rings is 1. The van der Waals surface area contributed by atoms with Gasteiger partial charge < -0.3 is 9.72 Å². The molecule has 3 heterocycles. The molecule has 5 rings (SSSR count). The van der Waals surface area contributed by atoms with E-state index in [0.717, 1.165) is 42.1 Å². The number of carbonyl (C=O) groups excluding carboxylic acids is 1. The molecule has 184 valence electrons. The summed E-state index contributed by atoms with van der Waals surface area (Å²) < 4.78 is 2.02. The van der Waals surface area contributed by atoms with Crippen molar-refractivity contribution in [2.45, 2.75) is 19.5 Å². The molecular formula is C27H28N6O3. The van der Waals surface area contributed by atoms with Gasteiger partial charge >= 0.3 is 0 Å². The number of piperazine rings is 1. The number of carbonyl (C=O) groups is 1. The molecule has 0 spiro atoms. The molecule has 1 aliphatic heterocycles. The highest BCUT2D eigenvalue weighted by Gasteiger charge is 2.31. The molecule has 1 fully saturated rings. The molecule has 36 heavy (non-hydrogen) atoms. The first-order valence-electron chi connectivity index (χ1n) is 12.0. The van der Waals surface area contributed by atoms with Crippen LogP contribution in [0.5, 0.6) is 0 Å². The second-order valence-corrected chi connectivity index (χ2v) is 9.09. The Balaban J connectivity index is 1.31. The average Bonchev–Trinajstić information content (AvgIpc) is 3.29. The van der Waals surface area contributed by atoms with E-state index in [0.29, 0.717) is 13.1 Å². The van der Waals surface area contributed by atoms with Gasteiger partial charge in [-0.25, -0.2) is 4.98 Å². The minimum Gasteiger partial charge on any atom is -0.319 e. The van der Waals surface area contributed by atoms with Gasteiger partial charge in [-0.3, -0.25) is 24.7 Å². The predicted molar refractivity (Wildman–Crippen MR) is 138 cm³/mol. The Morgan fingerprint density at radius 1 is 1.06 bits per heavy atom. The molecule has 0 bridgehead atoms. The van der Waals surface area contributed by atoms with Gasteiger partial charge in [0.25, 0.3) is 5.69 Å². The Hall–Kier alpha value is -4.08. The zero-order valence-corrected chi connectivity index (χ0v) is 20.1. The van der Waals surface area contributed by atoms with Crippen molar-refractivity contribution in [1.82, 2.24) is 19.2 Å². The van der Waals surface area contributed by atoms with Gasteiger partial charge in [-0.1, -0.05) is 42.5 Å². The van der Waals surface area contributed by atoms with E-state index in [-0.39, 0.29) is 17.3 Å². The maximum atomic E-state index is 13.5. The number of nitro groups is 1. The van der Waals surface area contributed by atoms with Gasteiger partial charge in [0.05, 0.1) is 10.6 Å². The lowest BCUT2D eigenvalue weighted by atomic mass is 10.0. The Morgan fingerprint density at radius 3 is 2.53 bits per heavy atom. The van der Waals surface area contributed by atoms with Crippen LogP contribution in [0.15, 0.2) is 79.1 Å². The van der Waals surface area contributed by atoms with Crippen LogP contribution in [0.1, 0.15) is 22.9 Å². The normalized spacial score (nSPS) is 15.6. The lowest BCUT2D eigenvalue weighted by Crippen LogP contribution is -2.49. The van der Waals surface area contributed by atoms with Crippen LogP contribution in [0.3, 0.4) is 0 Å². The van der Waals surface area contributed by atoms with Crippen molar-refractivity contribution in [2.24, 2.45) is 0 Å². The maximum absolute atomic E-state index is 13.5. The molecule has 4 aromatic rings. The first kappa shape index (κ1) is 23.7. The molecule has 1 atom stereocenters. The summed E-state index contributed by atoms with van der Waals surface area (Å²) >= 11 is 0. The highest BCUT2D eigenvalue weighted by molar-refractivity contribution is 5.97. The van der Waals surface area contributed by atoms with Crippen LogP contribution in [0, 0.1) is 17.0 Å². The van der Waals surface area contributed by atoms with Gasteiger partial charge in [-0.15, -0.1) is 0 Å². The summed E-state index contributed by atoms with van der Waals surface area (Å²) in [5.41, 5.74) is 3.67. The van der Waals surface area contributed by atoms with E-state index >= 15 is 0 Å². The summed E-state index contributed by atoms with van der Waals surface area (Å²) in [6.45, 7) is 5.49. The number of pyridine rings is 1. The van der Waals surface area contributed by atoms with Crippen molar-refractivity contribution in [2.75, 3.05) is 31.5 Å². The fourth-order valence-corrected chi connectivity index (χ4v) is 4.73. The van der Waals surface area contributed by atoms with E-state index in [1.165, 1.54) is 6.07 Å². The van der Waals surface area contributed by atoms with E-state index in [9.17, 15) is 14.9 Å². The molecule has 1 unspecified atom stereocenters. The number of fused-ring (bicyclic) bond motifs is 1. The van der Waals surface area contributed by atoms with Crippen molar-refractivity contribution in [3.63, 3.8) is 0 Å². The largest absolute Gasteiger partial charge is 0.319 e. The van der Waals surface area contributed by atoms with Crippen LogP contribution in [0.2, 0.25) is 0 Å². The number of aromatic nitrogens is 2. The molecular weight excluding hydrogens is 456 g/mol. The smallest absolute Gasteiger partial charge is 0.293 e. The van der Waals surface area contributed by atoms with Gasteiger partial charge in [0, 0.05) is 51.2 Å². The lowest BCUT2D eigenvalue weighted by Gasteiger charge is -2.38. The number of aryl methyl sites for hydroxylation is 1.